The minimum absolute atomic E-state index is 0.507. The summed E-state index contributed by atoms with van der Waals surface area (Å²) in [7, 11) is 0. The van der Waals surface area contributed by atoms with Crippen molar-refractivity contribution in [3.8, 4) is 0 Å². The van der Waals surface area contributed by atoms with Crippen LogP contribution in [0.2, 0.25) is 0 Å². The molecule has 0 spiro atoms. The van der Waals surface area contributed by atoms with Crippen LogP contribution in [0, 0.1) is 13.8 Å². The average molecular weight is 184 g/mol. The Morgan fingerprint density at radius 2 is 2.08 bits per heavy atom. The molecule has 0 radical (unpaired) electrons. The molecule has 0 aromatic heterocycles. The van der Waals surface area contributed by atoms with E-state index >= 15 is 0 Å². The SMILES string of the molecule is Cc1ccc(C)c(CNCCl)c1. The fraction of sp³-hybridized carbons (Fsp3) is 0.400. The van der Waals surface area contributed by atoms with E-state index in [0.717, 1.165) is 6.54 Å². The molecular weight excluding hydrogens is 170 g/mol. The Kier molecular flexibility index (Phi) is 3.57. The molecule has 0 aliphatic heterocycles. The van der Waals surface area contributed by atoms with E-state index < -0.39 is 0 Å². The van der Waals surface area contributed by atoms with E-state index in [9.17, 15) is 0 Å². The van der Waals surface area contributed by atoms with Crippen molar-refractivity contribution in [3.05, 3.63) is 34.9 Å². The smallest absolute Gasteiger partial charge is 0.0716 e. The summed E-state index contributed by atoms with van der Waals surface area (Å²) in [5.74, 6) is 0. The highest BCUT2D eigenvalue weighted by Crippen LogP contribution is 2.09. The molecule has 12 heavy (non-hydrogen) atoms. The van der Waals surface area contributed by atoms with Crippen molar-refractivity contribution < 1.29 is 0 Å². The third-order valence-electron chi connectivity index (χ3n) is 1.91. The lowest BCUT2D eigenvalue weighted by Gasteiger charge is -2.06. The molecule has 0 bridgehead atoms. The number of rotatable bonds is 3. The Morgan fingerprint density at radius 3 is 2.75 bits per heavy atom. The van der Waals surface area contributed by atoms with E-state index in [2.05, 4.69) is 37.4 Å². The number of benzene rings is 1. The summed E-state index contributed by atoms with van der Waals surface area (Å²) in [6, 6.07) is 6.96. The first kappa shape index (κ1) is 9.56. The number of alkyl halides is 1. The summed E-state index contributed by atoms with van der Waals surface area (Å²) in [6.45, 7) is 5.07. The molecule has 66 valence electrons. The van der Waals surface area contributed by atoms with Crippen LogP contribution in [0.25, 0.3) is 0 Å². The van der Waals surface area contributed by atoms with Gasteiger partial charge in [-0.1, -0.05) is 23.8 Å². The second kappa shape index (κ2) is 4.48. The summed E-state index contributed by atoms with van der Waals surface area (Å²) in [5.41, 5.74) is 3.95. The van der Waals surface area contributed by atoms with Gasteiger partial charge in [0, 0.05) is 6.54 Å². The van der Waals surface area contributed by atoms with Gasteiger partial charge in [0.15, 0.2) is 0 Å². The van der Waals surface area contributed by atoms with Crippen LogP contribution in [0.1, 0.15) is 16.7 Å². The second-order valence-electron chi connectivity index (χ2n) is 2.99. The molecule has 0 amide bonds. The molecule has 0 saturated carbocycles. The predicted molar refractivity (Wildman–Crippen MR) is 53.5 cm³/mol. The molecule has 1 aromatic carbocycles. The monoisotopic (exact) mass is 183 g/mol. The van der Waals surface area contributed by atoms with Crippen molar-refractivity contribution in [1.82, 2.24) is 5.32 Å². The largest absolute Gasteiger partial charge is 0.300 e. The van der Waals surface area contributed by atoms with Crippen molar-refractivity contribution in [2.45, 2.75) is 20.4 Å². The van der Waals surface area contributed by atoms with Gasteiger partial charge in [0.25, 0.3) is 0 Å². The Morgan fingerprint density at radius 1 is 1.33 bits per heavy atom. The number of hydrogen-bond acceptors (Lipinski definition) is 1. The van der Waals surface area contributed by atoms with Crippen molar-refractivity contribution in [1.29, 1.82) is 0 Å². The Labute approximate surface area is 78.7 Å². The van der Waals surface area contributed by atoms with Gasteiger partial charge in [-0.3, -0.25) is 5.32 Å². The molecule has 1 N–H and O–H groups in total. The van der Waals surface area contributed by atoms with Crippen LogP contribution in [-0.4, -0.2) is 6.00 Å². The highest BCUT2D eigenvalue weighted by Gasteiger charge is 1.96. The van der Waals surface area contributed by atoms with Gasteiger partial charge in [-0.2, -0.15) is 0 Å². The number of nitrogens with one attached hydrogen (secondary N) is 1. The van der Waals surface area contributed by atoms with Crippen molar-refractivity contribution in [3.63, 3.8) is 0 Å². The first-order valence-corrected chi connectivity index (χ1v) is 4.60. The van der Waals surface area contributed by atoms with Crippen molar-refractivity contribution >= 4 is 11.6 Å². The fourth-order valence-electron chi connectivity index (χ4n) is 1.17. The average Bonchev–Trinajstić information content (AvgIpc) is 2.07. The van der Waals surface area contributed by atoms with Gasteiger partial charge in [0.2, 0.25) is 0 Å². The lowest BCUT2D eigenvalue weighted by molar-refractivity contribution is 0.785. The van der Waals surface area contributed by atoms with Gasteiger partial charge in [-0.05, 0) is 25.0 Å². The highest BCUT2D eigenvalue weighted by atomic mass is 35.5. The van der Waals surface area contributed by atoms with Crippen LogP contribution >= 0.6 is 11.6 Å². The lowest BCUT2D eigenvalue weighted by atomic mass is 10.1. The van der Waals surface area contributed by atoms with Gasteiger partial charge in [0.1, 0.15) is 0 Å². The van der Waals surface area contributed by atoms with Crippen molar-refractivity contribution in [2.75, 3.05) is 6.00 Å². The van der Waals surface area contributed by atoms with Crippen LogP contribution in [0.15, 0.2) is 18.2 Å². The van der Waals surface area contributed by atoms with E-state index in [0.29, 0.717) is 6.00 Å². The molecule has 2 heteroatoms. The van der Waals surface area contributed by atoms with Gasteiger partial charge in [-0.15, -0.1) is 11.6 Å². The zero-order valence-electron chi connectivity index (χ0n) is 7.52. The molecule has 1 aromatic rings. The molecule has 0 unspecified atom stereocenters. The molecule has 0 atom stereocenters. The van der Waals surface area contributed by atoms with Gasteiger partial charge >= 0.3 is 0 Å². The third-order valence-corrected chi connectivity index (χ3v) is 2.10. The topological polar surface area (TPSA) is 12.0 Å². The second-order valence-corrected chi connectivity index (χ2v) is 3.26. The molecule has 0 saturated heterocycles. The first-order valence-electron chi connectivity index (χ1n) is 4.07. The molecule has 1 rings (SSSR count). The normalized spacial score (nSPS) is 10.2. The zero-order chi connectivity index (χ0) is 8.97. The summed E-state index contributed by atoms with van der Waals surface area (Å²) in [4.78, 5) is 0. The molecule has 0 aliphatic rings. The molecule has 0 heterocycles. The van der Waals surface area contributed by atoms with Gasteiger partial charge < -0.3 is 0 Å². The summed E-state index contributed by atoms with van der Waals surface area (Å²) >= 11 is 5.53. The van der Waals surface area contributed by atoms with Crippen molar-refractivity contribution in [2.24, 2.45) is 0 Å². The minimum Gasteiger partial charge on any atom is -0.300 e. The molecule has 0 fully saturated rings. The Balaban J connectivity index is 2.75. The molecular formula is C10H14ClN. The van der Waals surface area contributed by atoms with Gasteiger partial charge in [-0.25, -0.2) is 0 Å². The van der Waals surface area contributed by atoms with Crippen LogP contribution in [0.3, 0.4) is 0 Å². The maximum Gasteiger partial charge on any atom is 0.0716 e. The Bertz CT molecular complexity index is 258. The van der Waals surface area contributed by atoms with Crippen LogP contribution in [0.4, 0.5) is 0 Å². The lowest BCUT2D eigenvalue weighted by Crippen LogP contribution is -2.11. The Hall–Kier alpha value is -0.530. The maximum atomic E-state index is 5.53. The number of aryl methyl sites for hydroxylation is 2. The first-order chi connectivity index (χ1) is 5.74. The summed E-state index contributed by atoms with van der Waals surface area (Å²) < 4.78 is 0. The van der Waals surface area contributed by atoms with E-state index in [1.165, 1.54) is 16.7 Å². The highest BCUT2D eigenvalue weighted by molar-refractivity contribution is 6.17. The number of halogens is 1. The number of hydrogen-bond donors (Lipinski definition) is 1. The maximum absolute atomic E-state index is 5.53. The fourth-order valence-corrected chi connectivity index (χ4v) is 1.27. The summed E-state index contributed by atoms with van der Waals surface area (Å²) in [6.07, 6.45) is 0. The molecule has 1 nitrogen and oxygen atoms in total. The predicted octanol–water partition coefficient (Wildman–Crippen LogP) is 2.59. The third kappa shape index (κ3) is 2.50. The summed E-state index contributed by atoms with van der Waals surface area (Å²) in [5, 5.41) is 3.10. The van der Waals surface area contributed by atoms with Crippen LogP contribution in [0.5, 0.6) is 0 Å². The van der Waals surface area contributed by atoms with E-state index in [1.54, 1.807) is 0 Å². The van der Waals surface area contributed by atoms with Gasteiger partial charge in [0.05, 0.1) is 6.00 Å². The quantitative estimate of drug-likeness (QED) is 0.561. The standard InChI is InChI=1S/C10H14ClN/c1-8-3-4-9(2)10(5-8)6-12-7-11/h3-5,12H,6-7H2,1-2H3. The van der Waals surface area contributed by atoms with E-state index in [1.807, 2.05) is 0 Å². The van der Waals surface area contributed by atoms with Crippen LogP contribution in [-0.2, 0) is 6.54 Å². The van der Waals surface area contributed by atoms with Crippen LogP contribution < -0.4 is 5.32 Å². The molecule has 0 aliphatic carbocycles. The van der Waals surface area contributed by atoms with E-state index in [-0.39, 0.29) is 0 Å². The minimum atomic E-state index is 0.507. The zero-order valence-corrected chi connectivity index (χ0v) is 8.28. The van der Waals surface area contributed by atoms with E-state index in [4.69, 9.17) is 11.6 Å².